The fourth-order valence-electron chi connectivity index (χ4n) is 3.76. The number of nitrogens with zero attached hydrogens (tertiary/aromatic N) is 2. The molecule has 0 radical (unpaired) electrons. The third-order valence-electron chi connectivity index (χ3n) is 5.21. The first kappa shape index (κ1) is 16.7. The van der Waals surface area contributed by atoms with Gasteiger partial charge >= 0.3 is 0 Å². The van der Waals surface area contributed by atoms with Crippen LogP contribution in [0.2, 0.25) is 0 Å². The number of fused-ring (bicyclic) bond motifs is 1. The zero-order chi connectivity index (χ0) is 17.9. The second-order valence-corrected chi connectivity index (χ2v) is 6.82. The lowest BCUT2D eigenvalue weighted by Gasteiger charge is -2.34. The van der Waals surface area contributed by atoms with E-state index in [0.29, 0.717) is 5.56 Å². The average molecular weight is 346 g/mol. The van der Waals surface area contributed by atoms with Crippen molar-refractivity contribution < 1.29 is 9.90 Å². The van der Waals surface area contributed by atoms with Crippen LogP contribution in [0.5, 0.6) is 0 Å². The van der Waals surface area contributed by atoms with Gasteiger partial charge in [-0.2, -0.15) is 0 Å². The summed E-state index contributed by atoms with van der Waals surface area (Å²) in [7, 11) is 0. The number of likely N-dealkylation sites (tertiary alicyclic amines) is 1. The van der Waals surface area contributed by atoms with Crippen LogP contribution >= 0.6 is 0 Å². The Morgan fingerprint density at radius 1 is 1.08 bits per heavy atom. The lowest BCUT2D eigenvalue weighted by Crippen LogP contribution is -2.45. The number of benzene rings is 2. The number of aromatic nitrogens is 1. The molecule has 4 rings (SSSR count). The molecule has 1 amide bonds. The van der Waals surface area contributed by atoms with Crippen LogP contribution < -0.4 is 0 Å². The first-order chi connectivity index (χ1) is 12.8. The van der Waals surface area contributed by atoms with E-state index in [1.165, 1.54) is 0 Å². The number of pyridine rings is 1. The Labute approximate surface area is 153 Å². The van der Waals surface area contributed by atoms with Gasteiger partial charge in [-0.15, -0.1) is 0 Å². The zero-order valence-electron chi connectivity index (χ0n) is 14.6. The van der Waals surface area contributed by atoms with Crippen molar-refractivity contribution in [3.63, 3.8) is 0 Å². The summed E-state index contributed by atoms with van der Waals surface area (Å²) >= 11 is 0. The van der Waals surface area contributed by atoms with Crippen LogP contribution in [-0.2, 0) is 0 Å². The minimum absolute atomic E-state index is 0.00587. The number of hydrogen-bond acceptors (Lipinski definition) is 3. The molecule has 2 aromatic carbocycles. The minimum Gasteiger partial charge on any atom is -0.394 e. The van der Waals surface area contributed by atoms with Gasteiger partial charge in [0.15, 0.2) is 0 Å². The van der Waals surface area contributed by atoms with E-state index in [9.17, 15) is 9.90 Å². The van der Waals surface area contributed by atoms with Crippen molar-refractivity contribution in [2.45, 2.75) is 25.3 Å². The average Bonchev–Trinajstić information content (AvgIpc) is 2.73. The van der Waals surface area contributed by atoms with Crippen LogP contribution in [-0.4, -0.2) is 40.1 Å². The molecule has 132 valence electrons. The van der Waals surface area contributed by atoms with E-state index in [0.717, 1.165) is 47.7 Å². The third-order valence-corrected chi connectivity index (χ3v) is 5.21. The van der Waals surface area contributed by atoms with Crippen LogP contribution in [0.15, 0.2) is 60.9 Å². The Morgan fingerprint density at radius 3 is 2.69 bits per heavy atom. The summed E-state index contributed by atoms with van der Waals surface area (Å²) in [5, 5.41) is 11.8. The Kier molecular flexibility index (Phi) is 4.67. The van der Waals surface area contributed by atoms with Gasteiger partial charge in [0.25, 0.3) is 5.91 Å². The molecular weight excluding hydrogens is 324 g/mol. The quantitative estimate of drug-likeness (QED) is 0.783. The number of carbonyl (C=O) groups is 1. The van der Waals surface area contributed by atoms with Crippen molar-refractivity contribution in [1.82, 2.24) is 9.88 Å². The molecule has 1 N–H and O–H groups in total. The molecule has 4 nitrogen and oxygen atoms in total. The standard InChI is InChI=1S/C22H22N2O2/c25-15-19-6-3-4-12-24(19)22(26)17-10-8-16(9-11-17)21-14-23-13-18-5-1-2-7-20(18)21/h1-2,5,7-11,13-14,19,25H,3-4,6,12,15H2/t19-/m0/s1. The first-order valence-corrected chi connectivity index (χ1v) is 9.13. The van der Waals surface area contributed by atoms with Gasteiger partial charge in [-0.05, 0) is 42.3 Å². The monoisotopic (exact) mass is 346 g/mol. The first-order valence-electron chi connectivity index (χ1n) is 9.13. The molecular formula is C22H22N2O2. The Morgan fingerprint density at radius 2 is 1.88 bits per heavy atom. The lowest BCUT2D eigenvalue weighted by atomic mass is 9.98. The molecule has 2 heterocycles. The maximum atomic E-state index is 12.8. The van der Waals surface area contributed by atoms with Crippen molar-refractivity contribution in [3.8, 4) is 11.1 Å². The number of piperidine rings is 1. The summed E-state index contributed by atoms with van der Waals surface area (Å²) in [6, 6.07) is 15.8. The summed E-state index contributed by atoms with van der Waals surface area (Å²) in [6.07, 6.45) is 6.68. The second-order valence-electron chi connectivity index (χ2n) is 6.82. The van der Waals surface area contributed by atoms with Gasteiger partial charge in [-0.3, -0.25) is 9.78 Å². The highest BCUT2D eigenvalue weighted by Crippen LogP contribution is 2.28. The molecule has 3 aromatic rings. The van der Waals surface area contributed by atoms with Crippen molar-refractivity contribution >= 4 is 16.7 Å². The van der Waals surface area contributed by atoms with Crippen LogP contribution in [0, 0.1) is 0 Å². The number of aliphatic hydroxyl groups excluding tert-OH is 1. The van der Waals surface area contributed by atoms with Crippen LogP contribution in [0.1, 0.15) is 29.6 Å². The number of amides is 1. The SMILES string of the molecule is O=C(c1ccc(-c2cncc3ccccc23)cc1)N1CCCC[C@H]1CO. The van der Waals surface area contributed by atoms with E-state index in [1.807, 2.05) is 53.7 Å². The zero-order valence-corrected chi connectivity index (χ0v) is 14.6. The van der Waals surface area contributed by atoms with E-state index in [2.05, 4.69) is 17.1 Å². The minimum atomic E-state index is -0.0572. The number of carbonyl (C=O) groups excluding carboxylic acids is 1. The number of aliphatic hydroxyl groups is 1. The normalized spacial score (nSPS) is 17.4. The summed E-state index contributed by atoms with van der Waals surface area (Å²) in [5.74, 6) is 0.00587. The molecule has 26 heavy (non-hydrogen) atoms. The van der Waals surface area contributed by atoms with E-state index in [1.54, 1.807) is 0 Å². The van der Waals surface area contributed by atoms with Gasteiger partial charge in [0.1, 0.15) is 0 Å². The Bertz CT molecular complexity index is 916. The molecule has 0 bridgehead atoms. The fraction of sp³-hybridized carbons (Fsp3) is 0.273. The summed E-state index contributed by atoms with van der Waals surface area (Å²) in [5.41, 5.74) is 2.78. The van der Waals surface area contributed by atoms with Crippen molar-refractivity contribution in [3.05, 3.63) is 66.5 Å². The van der Waals surface area contributed by atoms with Gasteiger partial charge in [0.2, 0.25) is 0 Å². The molecule has 1 aliphatic heterocycles. The Hall–Kier alpha value is -2.72. The van der Waals surface area contributed by atoms with E-state index in [-0.39, 0.29) is 18.6 Å². The highest BCUT2D eigenvalue weighted by atomic mass is 16.3. The van der Waals surface area contributed by atoms with E-state index < -0.39 is 0 Å². The molecule has 0 aliphatic carbocycles. The maximum Gasteiger partial charge on any atom is 0.254 e. The highest BCUT2D eigenvalue weighted by molar-refractivity contribution is 5.98. The molecule has 1 fully saturated rings. The maximum absolute atomic E-state index is 12.8. The topological polar surface area (TPSA) is 53.4 Å². The number of hydrogen-bond donors (Lipinski definition) is 1. The predicted molar refractivity (Wildman–Crippen MR) is 103 cm³/mol. The van der Waals surface area contributed by atoms with Gasteiger partial charge in [-0.25, -0.2) is 0 Å². The molecule has 0 unspecified atom stereocenters. The predicted octanol–water partition coefficient (Wildman–Crippen LogP) is 3.89. The molecule has 0 saturated carbocycles. The summed E-state index contributed by atoms with van der Waals surface area (Å²) in [4.78, 5) is 19.0. The Balaban J connectivity index is 1.63. The second kappa shape index (κ2) is 7.26. The molecule has 1 saturated heterocycles. The van der Waals surface area contributed by atoms with Crippen molar-refractivity contribution in [1.29, 1.82) is 0 Å². The summed E-state index contributed by atoms with van der Waals surface area (Å²) in [6.45, 7) is 0.755. The van der Waals surface area contributed by atoms with Crippen LogP contribution in [0.25, 0.3) is 21.9 Å². The smallest absolute Gasteiger partial charge is 0.254 e. The van der Waals surface area contributed by atoms with Crippen molar-refractivity contribution in [2.75, 3.05) is 13.2 Å². The molecule has 1 atom stereocenters. The van der Waals surface area contributed by atoms with Crippen LogP contribution in [0.3, 0.4) is 0 Å². The van der Waals surface area contributed by atoms with Gasteiger partial charge in [0.05, 0.1) is 12.6 Å². The molecule has 1 aliphatic rings. The number of rotatable bonds is 3. The third kappa shape index (κ3) is 3.08. The van der Waals surface area contributed by atoms with E-state index in [4.69, 9.17) is 0 Å². The largest absolute Gasteiger partial charge is 0.394 e. The van der Waals surface area contributed by atoms with Crippen LogP contribution in [0.4, 0.5) is 0 Å². The molecule has 4 heteroatoms. The fourth-order valence-corrected chi connectivity index (χ4v) is 3.76. The van der Waals surface area contributed by atoms with Crippen molar-refractivity contribution in [2.24, 2.45) is 0 Å². The van der Waals surface area contributed by atoms with Gasteiger partial charge in [0, 0.05) is 35.5 Å². The lowest BCUT2D eigenvalue weighted by molar-refractivity contribution is 0.0503. The summed E-state index contributed by atoms with van der Waals surface area (Å²) < 4.78 is 0. The van der Waals surface area contributed by atoms with Gasteiger partial charge in [-0.1, -0.05) is 36.4 Å². The van der Waals surface area contributed by atoms with Gasteiger partial charge < -0.3 is 10.0 Å². The molecule has 1 aromatic heterocycles. The highest BCUT2D eigenvalue weighted by Gasteiger charge is 2.26. The molecule has 0 spiro atoms. The van der Waals surface area contributed by atoms with E-state index >= 15 is 0 Å².